The number of carboxylic acids is 1. The fourth-order valence-corrected chi connectivity index (χ4v) is 4.72. The van der Waals surface area contributed by atoms with Crippen LogP contribution in [0.25, 0.3) is 11.3 Å². The van der Waals surface area contributed by atoms with E-state index >= 15 is 0 Å². The van der Waals surface area contributed by atoms with Crippen LogP contribution in [0.4, 0.5) is 5.13 Å². The third-order valence-corrected chi connectivity index (χ3v) is 6.87. The molecule has 2 N–H and O–H groups in total. The Morgan fingerprint density at radius 1 is 1.00 bits per heavy atom. The van der Waals surface area contributed by atoms with Crippen LogP contribution in [-0.4, -0.2) is 41.7 Å². The molecule has 1 amide bonds. The first-order valence-corrected chi connectivity index (χ1v) is 12.8. The van der Waals surface area contributed by atoms with E-state index in [1.54, 1.807) is 30.6 Å². The number of rotatable bonds is 11. The lowest BCUT2D eigenvalue weighted by atomic mass is 10.1. The highest BCUT2D eigenvalue weighted by Crippen LogP contribution is 2.33. The Hall–Kier alpha value is -4.17. The summed E-state index contributed by atoms with van der Waals surface area (Å²) < 4.78 is 5.52. The zero-order valence-electron chi connectivity index (χ0n) is 20.8. The Bertz CT molecular complexity index is 1340. The van der Waals surface area contributed by atoms with Crippen molar-refractivity contribution in [3.05, 3.63) is 101 Å². The molecule has 37 heavy (non-hydrogen) atoms. The van der Waals surface area contributed by atoms with Crippen LogP contribution < -0.4 is 15.0 Å². The maximum Gasteiger partial charge on any atom is 0.325 e. The second kappa shape index (κ2) is 12.2. The van der Waals surface area contributed by atoms with E-state index in [9.17, 15) is 9.59 Å². The SMILES string of the molecule is COc1ccccc1-c1csc(N(CCc2ccccc2)Cc2ccc(C(=O)NC(C)C(=O)O)cc2)n1. The molecule has 0 saturated heterocycles. The van der Waals surface area contributed by atoms with Crippen molar-refractivity contribution in [1.82, 2.24) is 10.3 Å². The molecule has 190 valence electrons. The predicted octanol–water partition coefficient (Wildman–Crippen LogP) is 5.27. The Labute approximate surface area is 220 Å². The summed E-state index contributed by atoms with van der Waals surface area (Å²) in [7, 11) is 1.66. The van der Waals surface area contributed by atoms with Gasteiger partial charge in [-0.25, -0.2) is 4.98 Å². The van der Waals surface area contributed by atoms with Crippen LogP contribution in [0, 0.1) is 0 Å². The van der Waals surface area contributed by atoms with Crippen LogP contribution in [0.3, 0.4) is 0 Å². The number of methoxy groups -OCH3 is 1. The molecule has 3 aromatic carbocycles. The molecular formula is C29H29N3O4S. The molecule has 0 spiro atoms. The molecule has 0 saturated carbocycles. The lowest BCUT2D eigenvalue weighted by molar-refractivity contribution is -0.138. The van der Waals surface area contributed by atoms with Crippen molar-refractivity contribution >= 4 is 28.3 Å². The minimum absolute atomic E-state index is 0.413. The number of aliphatic carboxylic acids is 1. The molecule has 0 fully saturated rings. The smallest absolute Gasteiger partial charge is 0.325 e. The van der Waals surface area contributed by atoms with Crippen LogP contribution in [0.1, 0.15) is 28.4 Å². The molecule has 1 aromatic heterocycles. The maximum absolute atomic E-state index is 12.4. The van der Waals surface area contributed by atoms with Gasteiger partial charge in [-0.2, -0.15) is 0 Å². The highest BCUT2D eigenvalue weighted by molar-refractivity contribution is 7.14. The van der Waals surface area contributed by atoms with Gasteiger partial charge in [0.15, 0.2) is 5.13 Å². The van der Waals surface area contributed by atoms with Gasteiger partial charge in [0.25, 0.3) is 5.91 Å². The van der Waals surface area contributed by atoms with E-state index < -0.39 is 17.9 Å². The summed E-state index contributed by atoms with van der Waals surface area (Å²) in [4.78, 5) is 30.6. The first kappa shape index (κ1) is 25.9. The molecule has 8 heteroatoms. The zero-order valence-corrected chi connectivity index (χ0v) is 21.6. The van der Waals surface area contributed by atoms with Crippen molar-refractivity contribution < 1.29 is 19.4 Å². The number of thiazole rings is 1. The molecule has 4 aromatic rings. The standard InChI is InChI=1S/C29H29N3O4S/c1-20(28(34)35)30-27(33)23-14-12-22(13-15-23)18-32(17-16-21-8-4-3-5-9-21)29-31-25(19-37-29)24-10-6-7-11-26(24)36-2/h3-15,19-20H,16-18H2,1-2H3,(H,30,33)(H,34,35). The van der Waals surface area contributed by atoms with E-state index in [-0.39, 0.29) is 0 Å². The van der Waals surface area contributed by atoms with Crippen molar-refractivity contribution in [1.29, 1.82) is 0 Å². The number of benzene rings is 3. The second-order valence-electron chi connectivity index (χ2n) is 8.60. The summed E-state index contributed by atoms with van der Waals surface area (Å²) in [5.41, 5.74) is 4.49. The van der Waals surface area contributed by atoms with Gasteiger partial charge < -0.3 is 20.1 Å². The number of hydrogen-bond acceptors (Lipinski definition) is 6. The quantitative estimate of drug-likeness (QED) is 0.283. The molecule has 0 bridgehead atoms. The number of aromatic nitrogens is 1. The van der Waals surface area contributed by atoms with E-state index in [1.165, 1.54) is 12.5 Å². The summed E-state index contributed by atoms with van der Waals surface area (Å²) in [6.45, 7) is 2.81. The fourth-order valence-electron chi connectivity index (χ4n) is 3.86. The molecule has 4 rings (SSSR count). The highest BCUT2D eigenvalue weighted by atomic mass is 32.1. The fraction of sp³-hybridized carbons (Fsp3) is 0.207. The minimum atomic E-state index is -1.07. The van der Waals surface area contributed by atoms with Gasteiger partial charge in [0.2, 0.25) is 0 Å². The third kappa shape index (κ3) is 6.74. The van der Waals surface area contributed by atoms with E-state index in [1.807, 2.05) is 60.0 Å². The Morgan fingerprint density at radius 2 is 1.70 bits per heavy atom. The summed E-state index contributed by atoms with van der Waals surface area (Å²) in [6, 6.07) is 24.4. The minimum Gasteiger partial charge on any atom is -0.496 e. The molecular weight excluding hydrogens is 486 g/mol. The van der Waals surface area contributed by atoms with Gasteiger partial charge in [-0.15, -0.1) is 11.3 Å². The van der Waals surface area contributed by atoms with Crippen LogP contribution in [-0.2, 0) is 17.8 Å². The molecule has 0 radical (unpaired) electrons. The van der Waals surface area contributed by atoms with Gasteiger partial charge in [-0.3, -0.25) is 9.59 Å². The van der Waals surface area contributed by atoms with Gasteiger partial charge in [0.05, 0.1) is 12.8 Å². The maximum atomic E-state index is 12.4. The van der Waals surface area contributed by atoms with Gasteiger partial charge in [0, 0.05) is 29.6 Å². The monoisotopic (exact) mass is 515 g/mol. The van der Waals surface area contributed by atoms with Crippen LogP contribution in [0.15, 0.2) is 84.2 Å². The van der Waals surface area contributed by atoms with E-state index in [2.05, 4.69) is 22.3 Å². The Morgan fingerprint density at radius 3 is 2.41 bits per heavy atom. The number of nitrogens with one attached hydrogen (secondary N) is 1. The number of anilines is 1. The normalized spacial score (nSPS) is 11.5. The number of ether oxygens (including phenoxy) is 1. The molecule has 1 heterocycles. The van der Waals surface area contributed by atoms with E-state index in [0.717, 1.165) is 40.7 Å². The number of amides is 1. The zero-order chi connectivity index (χ0) is 26.2. The average Bonchev–Trinajstić information content (AvgIpc) is 3.42. The molecule has 1 atom stereocenters. The number of carbonyl (C=O) groups excluding carboxylic acids is 1. The molecule has 0 aliphatic carbocycles. The lowest BCUT2D eigenvalue weighted by Gasteiger charge is -2.22. The number of para-hydroxylation sites is 1. The van der Waals surface area contributed by atoms with Crippen molar-refractivity contribution in [2.24, 2.45) is 0 Å². The van der Waals surface area contributed by atoms with Crippen LogP contribution in [0.5, 0.6) is 5.75 Å². The van der Waals surface area contributed by atoms with Crippen molar-refractivity contribution in [2.45, 2.75) is 25.9 Å². The topological polar surface area (TPSA) is 91.8 Å². The average molecular weight is 516 g/mol. The Balaban J connectivity index is 1.54. The van der Waals surface area contributed by atoms with E-state index in [4.69, 9.17) is 14.8 Å². The molecule has 0 aliphatic heterocycles. The van der Waals surface area contributed by atoms with E-state index in [0.29, 0.717) is 12.1 Å². The van der Waals surface area contributed by atoms with Gasteiger partial charge >= 0.3 is 5.97 Å². The van der Waals surface area contributed by atoms with Crippen LogP contribution in [0.2, 0.25) is 0 Å². The molecule has 1 unspecified atom stereocenters. The predicted molar refractivity (Wildman–Crippen MR) is 146 cm³/mol. The van der Waals surface area contributed by atoms with Crippen molar-refractivity contribution in [3.8, 4) is 17.0 Å². The van der Waals surface area contributed by atoms with Gasteiger partial charge in [-0.1, -0.05) is 54.6 Å². The summed E-state index contributed by atoms with van der Waals surface area (Å²) in [6.07, 6.45) is 0.859. The molecule has 0 aliphatic rings. The van der Waals surface area contributed by atoms with Crippen molar-refractivity contribution in [2.75, 3.05) is 18.6 Å². The Kier molecular flexibility index (Phi) is 8.53. The number of nitrogens with zero attached hydrogens (tertiary/aromatic N) is 2. The lowest BCUT2D eigenvalue weighted by Crippen LogP contribution is -2.38. The van der Waals surface area contributed by atoms with Gasteiger partial charge in [0.1, 0.15) is 11.8 Å². The highest BCUT2D eigenvalue weighted by Gasteiger charge is 2.17. The number of carboxylic acid groups (broad SMARTS) is 1. The number of carbonyl (C=O) groups is 2. The summed E-state index contributed by atoms with van der Waals surface area (Å²) in [5.74, 6) is -0.708. The third-order valence-electron chi connectivity index (χ3n) is 5.97. The first-order valence-electron chi connectivity index (χ1n) is 11.9. The molecule has 7 nitrogen and oxygen atoms in total. The largest absolute Gasteiger partial charge is 0.496 e. The van der Waals surface area contributed by atoms with Crippen molar-refractivity contribution in [3.63, 3.8) is 0 Å². The summed E-state index contributed by atoms with van der Waals surface area (Å²) >= 11 is 1.58. The van der Waals surface area contributed by atoms with Gasteiger partial charge in [-0.05, 0) is 48.7 Å². The second-order valence-corrected chi connectivity index (χ2v) is 9.44. The summed E-state index contributed by atoms with van der Waals surface area (Å²) in [5, 5.41) is 14.5. The first-order chi connectivity index (χ1) is 17.9. The van der Waals surface area contributed by atoms with Crippen LogP contribution >= 0.6 is 11.3 Å². The number of hydrogen-bond donors (Lipinski definition) is 2.